The van der Waals surface area contributed by atoms with Crippen molar-refractivity contribution in [3.8, 4) is 6.07 Å². The van der Waals surface area contributed by atoms with E-state index >= 15 is 0 Å². The van der Waals surface area contributed by atoms with E-state index in [4.69, 9.17) is 9.60 Å². The van der Waals surface area contributed by atoms with Gasteiger partial charge < -0.3 is 15.3 Å². The zero-order valence-corrected chi connectivity index (χ0v) is 13.6. The molecular formula is C17H26ClN3O2. The molecule has 4 aliphatic carbocycles. The predicted octanol–water partition coefficient (Wildman–Crippen LogP) is 1.60. The van der Waals surface area contributed by atoms with Crippen molar-refractivity contribution in [1.29, 1.82) is 5.26 Å². The van der Waals surface area contributed by atoms with E-state index < -0.39 is 48.9 Å². The van der Waals surface area contributed by atoms with Gasteiger partial charge in [0.25, 0.3) is 0 Å². The normalized spacial score (nSPS) is 58.3. The van der Waals surface area contributed by atoms with Gasteiger partial charge in [-0.1, -0.05) is 0 Å². The lowest BCUT2D eigenvalue weighted by molar-refractivity contribution is -0.147. The van der Waals surface area contributed by atoms with Gasteiger partial charge in [0.15, 0.2) is 0 Å². The molecule has 5 rings (SSSR count). The van der Waals surface area contributed by atoms with Gasteiger partial charge in [-0.25, -0.2) is 0 Å². The third kappa shape index (κ3) is 2.97. The van der Waals surface area contributed by atoms with Crippen LogP contribution in [0, 0.1) is 23.2 Å². The van der Waals surface area contributed by atoms with E-state index in [2.05, 4.69) is 5.32 Å². The van der Waals surface area contributed by atoms with Crippen LogP contribution in [0.4, 0.5) is 0 Å². The number of amides is 1. The monoisotopic (exact) mass is 346 g/mol. The molecule has 5 atom stereocenters. The first-order valence-corrected chi connectivity index (χ1v) is 7.85. The van der Waals surface area contributed by atoms with Crippen molar-refractivity contribution in [3.63, 3.8) is 0 Å². The second-order valence-electron chi connectivity index (χ2n) is 7.37. The Balaban J connectivity index is 0.00000256. The molecule has 6 heteroatoms. The standard InChI is InChI=1S/C17H25N3O2.ClH/c18-9-14-2-1-3-20(14)15(21)10-19-16-5-12-4-13(6-16)8-17(22,7-12)11-16;/h12-14,19,22H,1-8,10-11H2;1H/t12-,13+,14-,16?,17?;/m0./s1/i1D2,2D2,3D2,14D;. The maximum atomic E-state index is 12.9. The van der Waals surface area contributed by atoms with Gasteiger partial charge >= 0.3 is 0 Å². The summed E-state index contributed by atoms with van der Waals surface area (Å²) in [4.78, 5) is 13.1. The SMILES string of the molecule is Cl.[2H]C1([2H])N(C(=O)CNC23C[C@@H]4C[C@@H](CC(O)(C4)C2)C3)[C@]([2H])(C#N)C([2H])([2H])C1([2H])[2H]. The Labute approximate surface area is 153 Å². The molecule has 1 amide bonds. The van der Waals surface area contributed by atoms with Gasteiger partial charge in [0.2, 0.25) is 5.91 Å². The van der Waals surface area contributed by atoms with Gasteiger partial charge in [0, 0.05) is 20.3 Å². The highest BCUT2D eigenvalue weighted by atomic mass is 35.5. The number of nitrogens with one attached hydrogen (secondary N) is 1. The first kappa shape index (κ1) is 10.2. The summed E-state index contributed by atoms with van der Waals surface area (Å²) in [5.41, 5.74) is -1.26. The molecule has 1 heterocycles. The molecule has 4 saturated carbocycles. The summed E-state index contributed by atoms with van der Waals surface area (Å²) in [7, 11) is 0. The highest BCUT2D eigenvalue weighted by Gasteiger charge is 2.57. The van der Waals surface area contributed by atoms with Crippen LogP contribution in [0.2, 0.25) is 0 Å². The zero-order chi connectivity index (χ0) is 21.7. The van der Waals surface area contributed by atoms with E-state index in [0.29, 0.717) is 18.3 Å². The first-order chi connectivity index (χ1) is 13.1. The Morgan fingerprint density at radius 3 is 2.74 bits per heavy atom. The van der Waals surface area contributed by atoms with Crippen LogP contribution in [-0.2, 0) is 4.79 Å². The minimum absolute atomic E-state index is 0. The van der Waals surface area contributed by atoms with Crippen LogP contribution >= 0.6 is 12.4 Å². The van der Waals surface area contributed by atoms with E-state index in [1.54, 1.807) is 0 Å². The van der Waals surface area contributed by atoms with Crippen LogP contribution in [0.1, 0.15) is 60.9 Å². The second-order valence-corrected chi connectivity index (χ2v) is 7.37. The molecule has 5 aliphatic rings. The van der Waals surface area contributed by atoms with Crippen LogP contribution in [-0.4, -0.2) is 46.1 Å². The lowest BCUT2D eigenvalue weighted by Crippen LogP contribution is -2.65. The Hall–Kier alpha value is -0.830. The van der Waals surface area contributed by atoms with E-state index in [-0.39, 0.29) is 17.3 Å². The van der Waals surface area contributed by atoms with E-state index in [1.807, 2.05) is 0 Å². The van der Waals surface area contributed by atoms with Gasteiger partial charge in [-0.3, -0.25) is 4.79 Å². The molecule has 23 heavy (non-hydrogen) atoms. The molecular weight excluding hydrogens is 314 g/mol. The van der Waals surface area contributed by atoms with Crippen molar-refractivity contribution in [2.75, 3.05) is 13.0 Å². The summed E-state index contributed by atoms with van der Waals surface area (Å²) >= 11 is 0. The van der Waals surface area contributed by atoms with Gasteiger partial charge in [-0.15, -0.1) is 12.4 Å². The summed E-state index contributed by atoms with van der Waals surface area (Å²) in [6.07, 6.45) is -1.94. The van der Waals surface area contributed by atoms with E-state index in [1.165, 1.54) is 6.07 Å². The molecule has 0 aromatic heterocycles. The van der Waals surface area contributed by atoms with Crippen molar-refractivity contribution in [2.45, 2.75) is 68.4 Å². The third-order valence-electron chi connectivity index (χ3n) is 5.57. The molecule has 2 N–H and O–H groups in total. The Kier molecular flexibility index (Phi) is 2.63. The summed E-state index contributed by atoms with van der Waals surface area (Å²) < 4.78 is 55.8. The Bertz CT molecular complexity index is 791. The van der Waals surface area contributed by atoms with Crippen LogP contribution < -0.4 is 5.32 Å². The lowest BCUT2D eigenvalue weighted by Gasteiger charge is -2.60. The highest BCUT2D eigenvalue weighted by Crippen LogP contribution is 2.57. The van der Waals surface area contributed by atoms with Crippen molar-refractivity contribution < 1.29 is 19.5 Å². The molecule has 2 unspecified atom stereocenters. The summed E-state index contributed by atoms with van der Waals surface area (Å²) in [6.45, 7) is -3.63. The fraction of sp³-hybridized carbons (Fsp3) is 0.882. The number of halogens is 1. The van der Waals surface area contributed by atoms with Gasteiger partial charge in [0.1, 0.15) is 6.02 Å². The number of carbonyl (C=O) groups excluding carboxylic acids is 1. The van der Waals surface area contributed by atoms with Crippen molar-refractivity contribution >= 4 is 18.3 Å². The fourth-order valence-corrected chi connectivity index (χ4v) is 5.28. The molecule has 1 saturated heterocycles. The number of hydrogen-bond donors (Lipinski definition) is 2. The van der Waals surface area contributed by atoms with Crippen molar-refractivity contribution in [1.82, 2.24) is 10.2 Å². The Morgan fingerprint density at radius 2 is 2.13 bits per heavy atom. The quantitative estimate of drug-likeness (QED) is 0.813. The van der Waals surface area contributed by atoms with Gasteiger partial charge in [-0.05, 0) is 63.1 Å². The Morgan fingerprint density at radius 1 is 1.43 bits per heavy atom. The first-order valence-electron chi connectivity index (χ1n) is 11.4. The molecule has 5 fully saturated rings. The van der Waals surface area contributed by atoms with Crippen molar-refractivity contribution in [3.05, 3.63) is 0 Å². The van der Waals surface area contributed by atoms with E-state index in [0.717, 1.165) is 32.1 Å². The van der Waals surface area contributed by atoms with E-state index in [9.17, 15) is 15.2 Å². The van der Waals surface area contributed by atoms with Crippen LogP contribution in [0.3, 0.4) is 0 Å². The summed E-state index contributed by atoms with van der Waals surface area (Å²) in [5, 5.41) is 23.4. The molecule has 4 bridgehead atoms. The number of hydrogen-bond acceptors (Lipinski definition) is 4. The van der Waals surface area contributed by atoms with Crippen LogP contribution in [0.25, 0.3) is 0 Å². The number of aliphatic hydroxyl groups is 1. The average Bonchev–Trinajstić information content (AvgIpc) is 2.64. The molecule has 1 aliphatic heterocycles. The fourth-order valence-electron chi connectivity index (χ4n) is 5.28. The molecule has 0 aromatic rings. The minimum Gasteiger partial charge on any atom is -0.390 e. The zero-order valence-electron chi connectivity index (χ0n) is 19.8. The molecule has 5 nitrogen and oxygen atoms in total. The van der Waals surface area contributed by atoms with Gasteiger partial charge in [-0.2, -0.15) is 5.26 Å². The number of carbonyl (C=O) groups is 1. The predicted molar refractivity (Wildman–Crippen MR) is 88.0 cm³/mol. The lowest BCUT2D eigenvalue weighted by atomic mass is 9.51. The number of nitrogens with zero attached hydrogens (tertiary/aromatic N) is 2. The largest absolute Gasteiger partial charge is 0.390 e. The molecule has 0 aromatic carbocycles. The average molecular weight is 347 g/mol. The molecule has 128 valence electrons. The topological polar surface area (TPSA) is 76.4 Å². The summed E-state index contributed by atoms with van der Waals surface area (Å²) in [6, 6.07) is -1.72. The minimum atomic E-state index is -3.25. The second kappa shape index (κ2) is 5.91. The third-order valence-corrected chi connectivity index (χ3v) is 5.57. The maximum Gasteiger partial charge on any atom is 0.237 e. The van der Waals surface area contributed by atoms with Gasteiger partial charge in [0.05, 0.1) is 19.6 Å². The number of nitriles is 1. The maximum absolute atomic E-state index is 12.9. The highest BCUT2D eigenvalue weighted by molar-refractivity contribution is 5.85. The summed E-state index contributed by atoms with van der Waals surface area (Å²) in [5.74, 6) is -0.348. The molecule has 0 spiro atoms. The number of likely N-dealkylation sites (tertiary alicyclic amines) is 1. The van der Waals surface area contributed by atoms with Crippen molar-refractivity contribution in [2.24, 2.45) is 11.8 Å². The van der Waals surface area contributed by atoms with Crippen LogP contribution in [0.15, 0.2) is 0 Å². The smallest absolute Gasteiger partial charge is 0.237 e. The van der Waals surface area contributed by atoms with Crippen LogP contribution in [0.5, 0.6) is 0 Å². The molecule has 0 radical (unpaired) electrons. The number of rotatable bonds is 3.